The number of carboxylic acids is 1. The van der Waals surface area contributed by atoms with Gasteiger partial charge in [0.25, 0.3) is 10.0 Å². The standard InChI is InChI=1S/C7H5N3O4S3/c11-6(12)4-1-2-5(16-4)17(13,14)10-7-9-8-3-15-7/h1-3H,(H,9,10)(H,11,12). The van der Waals surface area contributed by atoms with Crippen LogP contribution in [-0.4, -0.2) is 29.7 Å². The van der Waals surface area contributed by atoms with E-state index in [0.29, 0.717) is 11.3 Å². The Morgan fingerprint density at radius 2 is 2.18 bits per heavy atom. The van der Waals surface area contributed by atoms with Crippen molar-refractivity contribution in [2.24, 2.45) is 0 Å². The van der Waals surface area contributed by atoms with Crippen molar-refractivity contribution >= 4 is 43.8 Å². The lowest BCUT2D eigenvalue weighted by atomic mass is 10.5. The third-order valence-electron chi connectivity index (χ3n) is 1.64. The maximum absolute atomic E-state index is 11.8. The Bertz CT molecular complexity index is 631. The molecule has 0 fully saturated rings. The molecule has 10 heteroatoms. The van der Waals surface area contributed by atoms with Crippen LogP contribution in [0, 0.1) is 0 Å². The van der Waals surface area contributed by atoms with Gasteiger partial charge in [0.15, 0.2) is 0 Å². The Morgan fingerprint density at radius 3 is 2.71 bits per heavy atom. The minimum absolute atomic E-state index is 0.0392. The monoisotopic (exact) mass is 291 g/mol. The minimum Gasteiger partial charge on any atom is -0.477 e. The smallest absolute Gasteiger partial charge is 0.345 e. The van der Waals surface area contributed by atoms with Gasteiger partial charge < -0.3 is 5.11 Å². The van der Waals surface area contributed by atoms with Crippen molar-refractivity contribution < 1.29 is 18.3 Å². The summed E-state index contributed by atoms with van der Waals surface area (Å²) in [6, 6.07) is 2.47. The fraction of sp³-hybridized carbons (Fsp3) is 0. The molecule has 0 bridgehead atoms. The molecule has 2 rings (SSSR count). The third kappa shape index (κ3) is 2.60. The molecule has 90 valence electrons. The lowest BCUT2D eigenvalue weighted by molar-refractivity contribution is 0.0702. The zero-order valence-corrected chi connectivity index (χ0v) is 10.5. The molecular weight excluding hydrogens is 286 g/mol. The number of carboxylic acid groups (broad SMARTS) is 1. The Hall–Kier alpha value is -1.52. The van der Waals surface area contributed by atoms with Crippen molar-refractivity contribution in [3.05, 3.63) is 22.5 Å². The number of nitrogens with zero attached hydrogens (tertiary/aromatic N) is 2. The fourth-order valence-electron chi connectivity index (χ4n) is 0.962. The highest BCUT2D eigenvalue weighted by Gasteiger charge is 2.20. The van der Waals surface area contributed by atoms with Crippen molar-refractivity contribution in [2.45, 2.75) is 4.21 Å². The van der Waals surface area contributed by atoms with Gasteiger partial charge in [-0.15, -0.1) is 21.5 Å². The number of aromatic carboxylic acids is 1. The summed E-state index contributed by atoms with van der Waals surface area (Å²) < 4.78 is 25.7. The molecule has 0 spiro atoms. The molecule has 0 aromatic carbocycles. The predicted molar refractivity (Wildman–Crippen MR) is 62.0 cm³/mol. The third-order valence-corrected chi connectivity index (χ3v) is 5.28. The van der Waals surface area contributed by atoms with Crippen LogP contribution in [0.4, 0.5) is 5.13 Å². The predicted octanol–water partition coefficient (Wildman–Crippen LogP) is 1.10. The van der Waals surface area contributed by atoms with E-state index < -0.39 is 16.0 Å². The Labute approximate surface area is 104 Å². The quantitative estimate of drug-likeness (QED) is 0.873. The molecule has 2 N–H and O–H groups in total. The lowest BCUT2D eigenvalue weighted by Crippen LogP contribution is -2.11. The topological polar surface area (TPSA) is 109 Å². The molecule has 0 atom stereocenters. The number of rotatable bonds is 4. The SMILES string of the molecule is O=C(O)c1ccc(S(=O)(=O)Nc2nncs2)s1. The number of sulfonamides is 1. The number of anilines is 1. The molecular formula is C7H5N3O4S3. The summed E-state index contributed by atoms with van der Waals surface area (Å²) in [5.41, 5.74) is 1.38. The highest BCUT2D eigenvalue weighted by Crippen LogP contribution is 2.24. The van der Waals surface area contributed by atoms with E-state index in [1.54, 1.807) is 0 Å². The van der Waals surface area contributed by atoms with E-state index in [2.05, 4.69) is 14.9 Å². The molecule has 0 radical (unpaired) electrons. The normalized spacial score (nSPS) is 11.3. The summed E-state index contributed by atoms with van der Waals surface area (Å²) in [4.78, 5) is 10.6. The van der Waals surface area contributed by atoms with Crippen LogP contribution < -0.4 is 4.72 Å². The van der Waals surface area contributed by atoms with Gasteiger partial charge >= 0.3 is 5.97 Å². The second-order valence-electron chi connectivity index (χ2n) is 2.77. The molecule has 0 unspecified atom stereocenters. The summed E-state index contributed by atoms with van der Waals surface area (Å²) in [6.45, 7) is 0. The van der Waals surface area contributed by atoms with Gasteiger partial charge in [0.05, 0.1) is 0 Å². The molecule has 0 saturated heterocycles. The van der Waals surface area contributed by atoms with Gasteiger partial charge in [-0.2, -0.15) is 0 Å². The first-order valence-corrected chi connectivity index (χ1v) is 7.29. The average molecular weight is 291 g/mol. The Balaban J connectivity index is 2.28. The number of carbonyl (C=O) groups is 1. The van der Waals surface area contributed by atoms with Gasteiger partial charge in [-0.3, -0.25) is 4.72 Å². The van der Waals surface area contributed by atoms with Gasteiger partial charge in [0.1, 0.15) is 14.6 Å². The van der Waals surface area contributed by atoms with Crippen LogP contribution in [0.2, 0.25) is 0 Å². The van der Waals surface area contributed by atoms with E-state index in [0.717, 1.165) is 11.3 Å². The number of aromatic nitrogens is 2. The highest BCUT2D eigenvalue weighted by molar-refractivity contribution is 7.94. The largest absolute Gasteiger partial charge is 0.477 e. The van der Waals surface area contributed by atoms with Crippen molar-refractivity contribution in [1.82, 2.24) is 10.2 Å². The van der Waals surface area contributed by atoms with Crippen LogP contribution in [-0.2, 0) is 10.0 Å². The zero-order valence-electron chi connectivity index (χ0n) is 8.02. The van der Waals surface area contributed by atoms with Crippen LogP contribution in [0.25, 0.3) is 0 Å². The van der Waals surface area contributed by atoms with Crippen LogP contribution in [0.3, 0.4) is 0 Å². The van der Waals surface area contributed by atoms with E-state index in [-0.39, 0.29) is 14.2 Å². The minimum atomic E-state index is -3.78. The first-order valence-electron chi connectivity index (χ1n) is 4.11. The van der Waals surface area contributed by atoms with Crippen LogP contribution in [0.1, 0.15) is 9.67 Å². The summed E-state index contributed by atoms with van der Waals surface area (Å²) >= 11 is 1.71. The molecule has 0 aliphatic rings. The Kier molecular flexibility index (Phi) is 3.09. The van der Waals surface area contributed by atoms with E-state index in [4.69, 9.17) is 5.11 Å². The summed E-state index contributed by atoms with van der Waals surface area (Å²) in [7, 11) is -3.78. The van der Waals surface area contributed by atoms with Gasteiger partial charge in [0.2, 0.25) is 5.13 Å². The van der Waals surface area contributed by atoms with Gasteiger partial charge in [0, 0.05) is 0 Å². The molecule has 0 saturated carbocycles. The van der Waals surface area contributed by atoms with Crippen molar-refractivity contribution in [3.63, 3.8) is 0 Å². The summed E-state index contributed by atoms with van der Waals surface area (Å²) in [5.74, 6) is -1.16. The van der Waals surface area contributed by atoms with Crippen molar-refractivity contribution in [2.75, 3.05) is 4.72 Å². The van der Waals surface area contributed by atoms with Crippen LogP contribution in [0.15, 0.2) is 21.9 Å². The summed E-state index contributed by atoms with van der Waals surface area (Å²) in [5, 5.41) is 15.8. The van der Waals surface area contributed by atoms with Gasteiger partial charge in [-0.05, 0) is 12.1 Å². The van der Waals surface area contributed by atoms with Crippen molar-refractivity contribution in [3.8, 4) is 0 Å². The first-order chi connectivity index (χ1) is 7.99. The highest BCUT2D eigenvalue weighted by atomic mass is 32.2. The fourth-order valence-corrected chi connectivity index (χ4v) is 3.80. The molecule has 2 aromatic rings. The van der Waals surface area contributed by atoms with Crippen LogP contribution >= 0.6 is 22.7 Å². The zero-order chi connectivity index (χ0) is 12.5. The molecule has 7 nitrogen and oxygen atoms in total. The van der Waals surface area contributed by atoms with Gasteiger partial charge in [-0.1, -0.05) is 11.3 Å². The van der Waals surface area contributed by atoms with Crippen LogP contribution in [0.5, 0.6) is 0 Å². The lowest BCUT2D eigenvalue weighted by Gasteiger charge is -2.00. The number of thiophene rings is 1. The number of nitrogens with one attached hydrogen (secondary N) is 1. The second-order valence-corrected chi connectivity index (χ2v) is 6.60. The maximum atomic E-state index is 11.8. The molecule has 2 aromatic heterocycles. The number of hydrogen-bond acceptors (Lipinski definition) is 7. The molecule has 2 heterocycles. The maximum Gasteiger partial charge on any atom is 0.345 e. The second kappa shape index (κ2) is 4.39. The summed E-state index contributed by atoms with van der Waals surface area (Å²) in [6.07, 6.45) is 0. The van der Waals surface area contributed by atoms with Crippen molar-refractivity contribution in [1.29, 1.82) is 0 Å². The first kappa shape index (κ1) is 12.0. The number of hydrogen-bond donors (Lipinski definition) is 2. The van der Waals surface area contributed by atoms with Gasteiger partial charge in [-0.25, -0.2) is 13.2 Å². The van der Waals surface area contributed by atoms with E-state index >= 15 is 0 Å². The molecule has 0 amide bonds. The van der Waals surface area contributed by atoms with E-state index in [1.807, 2.05) is 0 Å². The molecule has 0 aliphatic carbocycles. The molecule has 17 heavy (non-hydrogen) atoms. The van der Waals surface area contributed by atoms with E-state index in [1.165, 1.54) is 17.6 Å². The van der Waals surface area contributed by atoms with E-state index in [9.17, 15) is 13.2 Å². The molecule has 0 aliphatic heterocycles. The Morgan fingerprint density at radius 1 is 1.41 bits per heavy atom. The average Bonchev–Trinajstić information content (AvgIpc) is 2.84.